The summed E-state index contributed by atoms with van der Waals surface area (Å²) in [7, 11) is 0. The molecule has 0 aliphatic rings. The average Bonchev–Trinajstić information content (AvgIpc) is 2.09. The molecule has 0 saturated carbocycles. The van der Waals surface area contributed by atoms with E-state index in [9.17, 15) is 0 Å². The van der Waals surface area contributed by atoms with Gasteiger partial charge in [-0.3, -0.25) is 0 Å². The number of aromatic hydroxyl groups is 1. The molecule has 1 aromatic carbocycles. The molecule has 1 aromatic rings. The van der Waals surface area contributed by atoms with Gasteiger partial charge in [0.25, 0.3) is 0 Å². The highest BCUT2D eigenvalue weighted by Gasteiger charge is 1.90. The Balaban J connectivity index is 2.47. The number of ether oxygens (including phenoxy) is 1. The lowest BCUT2D eigenvalue weighted by Gasteiger charge is -2.01. The van der Waals surface area contributed by atoms with Crippen LogP contribution >= 0.6 is 15.9 Å². The molecule has 0 saturated heterocycles. The molecule has 0 amide bonds. The molecule has 12 heavy (non-hydrogen) atoms. The first-order chi connectivity index (χ1) is 5.83. The number of hydrogen-bond donors (Lipinski definition) is 1. The van der Waals surface area contributed by atoms with Gasteiger partial charge >= 0.3 is 0 Å². The maximum Gasteiger partial charge on any atom is 0.120 e. The van der Waals surface area contributed by atoms with Crippen molar-refractivity contribution in [3.8, 4) is 11.5 Å². The quantitative estimate of drug-likeness (QED) is 0.863. The second kappa shape index (κ2) is 4.83. The smallest absolute Gasteiger partial charge is 0.120 e. The van der Waals surface area contributed by atoms with E-state index in [0.29, 0.717) is 6.61 Å². The summed E-state index contributed by atoms with van der Waals surface area (Å²) in [5.41, 5.74) is 0. The van der Waals surface area contributed by atoms with Crippen molar-refractivity contribution < 1.29 is 9.84 Å². The summed E-state index contributed by atoms with van der Waals surface area (Å²) >= 11 is 3.13. The van der Waals surface area contributed by atoms with Gasteiger partial charge in [0.2, 0.25) is 0 Å². The van der Waals surface area contributed by atoms with E-state index in [4.69, 9.17) is 9.84 Å². The minimum absolute atomic E-state index is 0.249. The fourth-order valence-electron chi connectivity index (χ4n) is 0.723. The number of benzene rings is 1. The molecule has 0 aliphatic carbocycles. The highest BCUT2D eigenvalue weighted by atomic mass is 79.9. The molecular formula is C9H9BrO2. The van der Waals surface area contributed by atoms with Crippen LogP contribution in [-0.2, 0) is 0 Å². The SMILES string of the molecule is Oc1ccc(OCC=CBr)cc1. The molecule has 0 aliphatic heterocycles. The van der Waals surface area contributed by atoms with E-state index < -0.39 is 0 Å². The summed E-state index contributed by atoms with van der Waals surface area (Å²) in [6.07, 6.45) is 1.84. The highest BCUT2D eigenvalue weighted by Crippen LogP contribution is 2.15. The molecule has 0 fully saturated rings. The summed E-state index contributed by atoms with van der Waals surface area (Å²) in [5.74, 6) is 0.997. The van der Waals surface area contributed by atoms with Crippen molar-refractivity contribution in [2.75, 3.05) is 6.61 Å². The molecular weight excluding hydrogens is 220 g/mol. The van der Waals surface area contributed by atoms with Gasteiger partial charge in [0, 0.05) is 0 Å². The van der Waals surface area contributed by atoms with Crippen molar-refractivity contribution in [2.24, 2.45) is 0 Å². The number of halogens is 1. The lowest BCUT2D eigenvalue weighted by molar-refractivity contribution is 0.362. The van der Waals surface area contributed by atoms with Crippen LogP contribution in [0.15, 0.2) is 35.3 Å². The lowest BCUT2D eigenvalue weighted by Crippen LogP contribution is -1.91. The molecule has 2 nitrogen and oxygen atoms in total. The maximum atomic E-state index is 8.95. The van der Waals surface area contributed by atoms with Gasteiger partial charge in [-0.05, 0) is 35.3 Å². The monoisotopic (exact) mass is 228 g/mol. The first-order valence-electron chi connectivity index (χ1n) is 3.50. The molecule has 0 bridgehead atoms. The summed E-state index contributed by atoms with van der Waals surface area (Å²) in [6, 6.07) is 6.62. The number of phenols is 1. The molecule has 0 unspecified atom stereocenters. The van der Waals surface area contributed by atoms with Gasteiger partial charge in [-0.15, -0.1) is 0 Å². The summed E-state index contributed by atoms with van der Waals surface area (Å²) < 4.78 is 5.27. The topological polar surface area (TPSA) is 29.5 Å². The second-order valence-electron chi connectivity index (χ2n) is 2.17. The third kappa shape index (κ3) is 2.96. The average molecular weight is 229 g/mol. The zero-order valence-electron chi connectivity index (χ0n) is 6.40. The molecule has 0 spiro atoms. The molecule has 1 rings (SSSR count). The Bertz CT molecular complexity index is 254. The third-order valence-electron chi connectivity index (χ3n) is 1.27. The van der Waals surface area contributed by atoms with Crippen molar-refractivity contribution in [3.63, 3.8) is 0 Å². The molecule has 0 heterocycles. The standard InChI is InChI=1S/C9H9BrO2/c10-6-1-7-12-9-4-2-8(11)3-5-9/h1-6,11H,7H2. The van der Waals surface area contributed by atoms with E-state index in [-0.39, 0.29) is 5.75 Å². The van der Waals surface area contributed by atoms with Crippen LogP contribution < -0.4 is 4.74 Å². The van der Waals surface area contributed by atoms with Crippen LogP contribution in [0.5, 0.6) is 11.5 Å². The minimum Gasteiger partial charge on any atom is -0.508 e. The van der Waals surface area contributed by atoms with E-state index in [1.807, 2.05) is 6.08 Å². The Morgan fingerprint density at radius 3 is 2.58 bits per heavy atom. The summed E-state index contributed by atoms with van der Waals surface area (Å²) in [4.78, 5) is 1.74. The Hall–Kier alpha value is -0.960. The van der Waals surface area contributed by atoms with Gasteiger partial charge in [0.15, 0.2) is 0 Å². The van der Waals surface area contributed by atoms with Crippen molar-refractivity contribution in [1.82, 2.24) is 0 Å². The van der Waals surface area contributed by atoms with Crippen molar-refractivity contribution in [2.45, 2.75) is 0 Å². The Morgan fingerprint density at radius 2 is 2.00 bits per heavy atom. The Labute approximate surface area is 79.6 Å². The van der Waals surface area contributed by atoms with Crippen LogP contribution in [0.3, 0.4) is 0 Å². The Kier molecular flexibility index (Phi) is 3.67. The van der Waals surface area contributed by atoms with Crippen LogP contribution in [-0.4, -0.2) is 11.7 Å². The van der Waals surface area contributed by atoms with E-state index >= 15 is 0 Å². The molecule has 0 radical (unpaired) electrons. The van der Waals surface area contributed by atoms with Crippen molar-refractivity contribution >= 4 is 15.9 Å². The summed E-state index contributed by atoms with van der Waals surface area (Å²) in [6.45, 7) is 0.524. The van der Waals surface area contributed by atoms with Gasteiger partial charge < -0.3 is 9.84 Å². The number of rotatable bonds is 3. The molecule has 0 atom stereocenters. The number of hydrogen-bond acceptors (Lipinski definition) is 2. The third-order valence-corrected chi connectivity index (χ3v) is 1.65. The first kappa shape index (κ1) is 9.13. The molecule has 3 heteroatoms. The fraction of sp³-hybridized carbons (Fsp3) is 0.111. The largest absolute Gasteiger partial charge is 0.508 e. The second-order valence-corrected chi connectivity index (χ2v) is 2.70. The van der Waals surface area contributed by atoms with Crippen LogP contribution in [0.4, 0.5) is 0 Å². The van der Waals surface area contributed by atoms with Crippen LogP contribution in [0.1, 0.15) is 0 Å². The number of phenolic OH excluding ortho intramolecular Hbond substituents is 1. The lowest BCUT2D eigenvalue weighted by atomic mass is 10.3. The zero-order chi connectivity index (χ0) is 8.81. The zero-order valence-corrected chi connectivity index (χ0v) is 7.99. The van der Waals surface area contributed by atoms with Crippen LogP contribution in [0.2, 0.25) is 0 Å². The minimum atomic E-state index is 0.249. The van der Waals surface area contributed by atoms with Gasteiger partial charge in [-0.25, -0.2) is 0 Å². The summed E-state index contributed by atoms with van der Waals surface area (Å²) in [5, 5.41) is 8.95. The van der Waals surface area contributed by atoms with Crippen LogP contribution in [0, 0.1) is 0 Å². The van der Waals surface area contributed by atoms with Gasteiger partial charge in [-0.1, -0.05) is 15.9 Å². The van der Waals surface area contributed by atoms with Gasteiger partial charge in [-0.2, -0.15) is 0 Å². The van der Waals surface area contributed by atoms with E-state index in [1.54, 1.807) is 29.3 Å². The Morgan fingerprint density at radius 1 is 1.33 bits per heavy atom. The fourth-order valence-corrected chi connectivity index (χ4v) is 0.876. The maximum absolute atomic E-state index is 8.95. The predicted octanol–water partition coefficient (Wildman–Crippen LogP) is 2.68. The molecule has 0 aromatic heterocycles. The van der Waals surface area contributed by atoms with Crippen molar-refractivity contribution in [3.05, 3.63) is 35.3 Å². The van der Waals surface area contributed by atoms with E-state index in [2.05, 4.69) is 15.9 Å². The normalized spacial score (nSPS) is 10.4. The van der Waals surface area contributed by atoms with E-state index in [1.165, 1.54) is 0 Å². The predicted molar refractivity (Wildman–Crippen MR) is 51.7 cm³/mol. The van der Waals surface area contributed by atoms with Crippen molar-refractivity contribution in [1.29, 1.82) is 0 Å². The van der Waals surface area contributed by atoms with Gasteiger partial charge in [0.05, 0.1) is 0 Å². The van der Waals surface area contributed by atoms with E-state index in [0.717, 1.165) is 5.75 Å². The molecule has 1 N–H and O–H groups in total. The molecule has 64 valence electrons. The first-order valence-corrected chi connectivity index (χ1v) is 4.41. The highest BCUT2D eigenvalue weighted by molar-refractivity contribution is 9.11. The van der Waals surface area contributed by atoms with Crippen LogP contribution in [0.25, 0.3) is 0 Å². The van der Waals surface area contributed by atoms with Gasteiger partial charge in [0.1, 0.15) is 18.1 Å².